The SMILES string of the molecule is CC1(C)Cc2cccc(OCC(=O)Nc3ccc(Br)nn3)c2O1. The number of aromatic nitrogens is 2. The number of ether oxygens (including phenoxy) is 2. The van der Waals surface area contributed by atoms with Gasteiger partial charge in [0.1, 0.15) is 10.2 Å². The van der Waals surface area contributed by atoms with Crippen LogP contribution in [0.2, 0.25) is 0 Å². The van der Waals surface area contributed by atoms with E-state index in [2.05, 4.69) is 31.4 Å². The summed E-state index contributed by atoms with van der Waals surface area (Å²) in [6, 6.07) is 9.06. The van der Waals surface area contributed by atoms with Crippen molar-refractivity contribution in [2.75, 3.05) is 11.9 Å². The average Bonchev–Trinajstić information content (AvgIpc) is 2.82. The summed E-state index contributed by atoms with van der Waals surface area (Å²) in [7, 11) is 0. The van der Waals surface area contributed by atoms with E-state index in [0.717, 1.165) is 12.0 Å². The first-order valence-corrected chi connectivity index (χ1v) is 7.95. The van der Waals surface area contributed by atoms with Crippen LogP contribution in [-0.4, -0.2) is 28.3 Å². The van der Waals surface area contributed by atoms with Crippen LogP contribution >= 0.6 is 15.9 Å². The Morgan fingerprint density at radius 3 is 2.91 bits per heavy atom. The highest BCUT2D eigenvalue weighted by atomic mass is 79.9. The monoisotopic (exact) mass is 377 g/mol. The van der Waals surface area contributed by atoms with Gasteiger partial charge in [-0.05, 0) is 48.0 Å². The van der Waals surface area contributed by atoms with Crippen molar-refractivity contribution in [1.29, 1.82) is 0 Å². The van der Waals surface area contributed by atoms with Crippen LogP contribution in [0.4, 0.5) is 5.82 Å². The molecule has 2 aromatic rings. The molecule has 0 saturated carbocycles. The van der Waals surface area contributed by atoms with Gasteiger partial charge in [-0.25, -0.2) is 0 Å². The lowest BCUT2D eigenvalue weighted by molar-refractivity contribution is -0.118. The van der Waals surface area contributed by atoms with E-state index < -0.39 is 0 Å². The van der Waals surface area contributed by atoms with E-state index in [1.54, 1.807) is 18.2 Å². The van der Waals surface area contributed by atoms with E-state index in [0.29, 0.717) is 21.9 Å². The molecule has 0 spiro atoms. The van der Waals surface area contributed by atoms with Gasteiger partial charge in [0, 0.05) is 12.0 Å². The number of rotatable bonds is 4. The zero-order valence-corrected chi connectivity index (χ0v) is 14.4. The molecule has 7 heteroatoms. The number of benzene rings is 1. The molecule has 23 heavy (non-hydrogen) atoms. The highest BCUT2D eigenvalue weighted by molar-refractivity contribution is 9.10. The maximum absolute atomic E-state index is 11.9. The van der Waals surface area contributed by atoms with Crippen molar-refractivity contribution in [3.05, 3.63) is 40.5 Å². The Morgan fingerprint density at radius 1 is 1.35 bits per heavy atom. The number of fused-ring (bicyclic) bond motifs is 1. The first-order valence-electron chi connectivity index (χ1n) is 7.16. The number of halogens is 1. The molecule has 6 nitrogen and oxygen atoms in total. The normalized spacial score (nSPS) is 14.7. The number of carbonyl (C=O) groups is 1. The van der Waals surface area contributed by atoms with E-state index in [9.17, 15) is 4.79 Å². The summed E-state index contributed by atoms with van der Waals surface area (Å²) in [5.74, 6) is 1.35. The second-order valence-electron chi connectivity index (χ2n) is 5.86. The lowest BCUT2D eigenvalue weighted by Gasteiger charge is -2.18. The van der Waals surface area contributed by atoms with Gasteiger partial charge in [0.05, 0.1) is 0 Å². The first-order chi connectivity index (χ1) is 10.9. The lowest BCUT2D eigenvalue weighted by Crippen LogP contribution is -2.25. The fourth-order valence-electron chi connectivity index (χ4n) is 2.41. The lowest BCUT2D eigenvalue weighted by atomic mass is 10.0. The van der Waals surface area contributed by atoms with Gasteiger partial charge in [0.15, 0.2) is 23.9 Å². The highest BCUT2D eigenvalue weighted by Gasteiger charge is 2.32. The molecular formula is C16H16BrN3O3. The van der Waals surface area contributed by atoms with Gasteiger partial charge < -0.3 is 14.8 Å². The zero-order valence-electron chi connectivity index (χ0n) is 12.8. The summed E-state index contributed by atoms with van der Waals surface area (Å²) < 4.78 is 12.1. The summed E-state index contributed by atoms with van der Waals surface area (Å²) in [5.41, 5.74) is 0.837. The molecule has 0 bridgehead atoms. The van der Waals surface area contributed by atoms with Crippen molar-refractivity contribution in [2.45, 2.75) is 25.9 Å². The van der Waals surface area contributed by atoms with Crippen LogP contribution in [0.25, 0.3) is 0 Å². The Labute approximate surface area is 142 Å². The molecule has 1 N–H and O–H groups in total. The summed E-state index contributed by atoms with van der Waals surface area (Å²) >= 11 is 3.19. The van der Waals surface area contributed by atoms with Crippen molar-refractivity contribution in [3.8, 4) is 11.5 Å². The second kappa shape index (κ2) is 6.16. The molecule has 1 aliphatic heterocycles. The van der Waals surface area contributed by atoms with Crippen LogP contribution < -0.4 is 14.8 Å². The topological polar surface area (TPSA) is 73.3 Å². The standard InChI is InChI=1S/C16H16BrN3O3/c1-16(2)8-10-4-3-5-11(15(10)23-16)22-9-14(21)18-13-7-6-12(17)19-20-13/h3-7H,8-9H2,1-2H3,(H,18,20,21). The quantitative estimate of drug-likeness (QED) is 0.886. The van der Waals surface area contributed by atoms with Gasteiger partial charge in [-0.15, -0.1) is 10.2 Å². The summed E-state index contributed by atoms with van der Waals surface area (Å²) in [4.78, 5) is 11.9. The number of hydrogen-bond donors (Lipinski definition) is 1. The molecule has 0 aliphatic carbocycles. The summed E-state index contributed by atoms with van der Waals surface area (Å²) in [5, 5.41) is 10.3. The third kappa shape index (κ3) is 3.79. The van der Waals surface area contributed by atoms with E-state index >= 15 is 0 Å². The third-order valence-corrected chi connectivity index (χ3v) is 3.74. The maximum atomic E-state index is 11.9. The van der Waals surface area contributed by atoms with Crippen LogP contribution in [0.3, 0.4) is 0 Å². The predicted octanol–water partition coefficient (Wildman–Crippen LogP) is 2.97. The largest absolute Gasteiger partial charge is 0.483 e. The number of anilines is 1. The molecule has 0 unspecified atom stereocenters. The van der Waals surface area contributed by atoms with Gasteiger partial charge in [-0.3, -0.25) is 4.79 Å². The number of para-hydroxylation sites is 1. The fourth-order valence-corrected chi connectivity index (χ4v) is 2.62. The molecule has 1 amide bonds. The van der Waals surface area contributed by atoms with Gasteiger partial charge in [-0.1, -0.05) is 12.1 Å². The molecule has 0 fully saturated rings. The number of amides is 1. The first kappa shape index (κ1) is 15.7. The smallest absolute Gasteiger partial charge is 0.263 e. The Bertz CT molecular complexity index is 732. The van der Waals surface area contributed by atoms with Gasteiger partial charge >= 0.3 is 0 Å². The minimum absolute atomic E-state index is 0.127. The zero-order chi connectivity index (χ0) is 16.4. The number of nitrogens with one attached hydrogen (secondary N) is 1. The second-order valence-corrected chi connectivity index (χ2v) is 6.67. The molecule has 3 rings (SSSR count). The Kier molecular flexibility index (Phi) is 4.21. The van der Waals surface area contributed by atoms with Crippen LogP contribution in [0, 0.1) is 0 Å². The summed E-state index contributed by atoms with van der Waals surface area (Å²) in [6.07, 6.45) is 0.820. The van der Waals surface area contributed by atoms with Crippen LogP contribution in [0.5, 0.6) is 11.5 Å². The molecular weight excluding hydrogens is 362 g/mol. The van der Waals surface area contributed by atoms with Gasteiger partial charge in [0.2, 0.25) is 0 Å². The Morgan fingerprint density at radius 2 is 2.17 bits per heavy atom. The molecule has 0 radical (unpaired) electrons. The van der Waals surface area contributed by atoms with Crippen molar-refractivity contribution in [3.63, 3.8) is 0 Å². The molecule has 1 aromatic carbocycles. The number of hydrogen-bond acceptors (Lipinski definition) is 5. The van der Waals surface area contributed by atoms with Crippen molar-refractivity contribution in [2.24, 2.45) is 0 Å². The molecule has 2 heterocycles. The Balaban J connectivity index is 1.62. The van der Waals surface area contributed by atoms with Gasteiger partial charge in [0.25, 0.3) is 5.91 Å². The van der Waals surface area contributed by atoms with Crippen LogP contribution in [-0.2, 0) is 11.2 Å². The molecule has 120 valence electrons. The molecule has 0 atom stereocenters. The van der Waals surface area contributed by atoms with Crippen LogP contribution in [0.15, 0.2) is 34.9 Å². The van der Waals surface area contributed by atoms with Crippen molar-refractivity contribution in [1.82, 2.24) is 10.2 Å². The number of carbonyl (C=O) groups excluding carboxylic acids is 1. The maximum Gasteiger partial charge on any atom is 0.263 e. The molecule has 1 aromatic heterocycles. The predicted molar refractivity (Wildman–Crippen MR) is 88.7 cm³/mol. The average molecular weight is 378 g/mol. The van der Waals surface area contributed by atoms with Gasteiger partial charge in [-0.2, -0.15) is 0 Å². The van der Waals surface area contributed by atoms with E-state index in [4.69, 9.17) is 9.47 Å². The summed E-state index contributed by atoms with van der Waals surface area (Å²) in [6.45, 7) is 3.92. The van der Waals surface area contributed by atoms with E-state index in [1.165, 1.54) is 0 Å². The van der Waals surface area contributed by atoms with Crippen LogP contribution in [0.1, 0.15) is 19.4 Å². The van der Waals surface area contributed by atoms with E-state index in [1.807, 2.05) is 26.0 Å². The third-order valence-electron chi connectivity index (χ3n) is 3.31. The Hall–Kier alpha value is -2.15. The fraction of sp³-hybridized carbons (Fsp3) is 0.312. The minimum atomic E-state index is -0.309. The van der Waals surface area contributed by atoms with E-state index in [-0.39, 0.29) is 18.1 Å². The number of nitrogens with zero attached hydrogens (tertiary/aromatic N) is 2. The highest BCUT2D eigenvalue weighted by Crippen LogP contribution is 2.41. The van der Waals surface area contributed by atoms with Crippen molar-refractivity contribution >= 4 is 27.7 Å². The molecule has 0 saturated heterocycles. The minimum Gasteiger partial charge on any atom is -0.483 e. The van der Waals surface area contributed by atoms with Crippen molar-refractivity contribution < 1.29 is 14.3 Å². The molecule has 1 aliphatic rings.